The van der Waals surface area contributed by atoms with Gasteiger partial charge in [0, 0.05) is 16.6 Å². The van der Waals surface area contributed by atoms with Gasteiger partial charge in [0.2, 0.25) is 0 Å². The van der Waals surface area contributed by atoms with E-state index in [0.717, 1.165) is 43.4 Å². The number of aliphatic hydroxyl groups is 1. The predicted octanol–water partition coefficient (Wildman–Crippen LogP) is 3.43. The van der Waals surface area contributed by atoms with Gasteiger partial charge < -0.3 is 15.6 Å². The van der Waals surface area contributed by atoms with Crippen LogP contribution in [0.1, 0.15) is 50.6 Å². The molecule has 3 unspecified atom stereocenters. The summed E-state index contributed by atoms with van der Waals surface area (Å²) < 4.78 is 6.01. The molecule has 1 aromatic carbocycles. The molecular formula is C15H22ClNO2. The molecular weight excluding hydrogens is 262 g/mol. The maximum atomic E-state index is 10.1. The second kappa shape index (κ2) is 6.60. The molecule has 0 bridgehead atoms. The summed E-state index contributed by atoms with van der Waals surface area (Å²) in [7, 11) is 0. The number of hydrogen-bond donors (Lipinski definition) is 2. The fourth-order valence-electron chi connectivity index (χ4n) is 2.54. The van der Waals surface area contributed by atoms with Crippen LogP contribution in [0.3, 0.4) is 0 Å². The first-order valence-corrected chi connectivity index (χ1v) is 7.35. The zero-order valence-corrected chi connectivity index (χ0v) is 12.1. The Labute approximate surface area is 119 Å². The molecule has 4 heteroatoms. The first-order chi connectivity index (χ1) is 9.08. The second-order valence-electron chi connectivity index (χ2n) is 5.33. The van der Waals surface area contributed by atoms with Crippen molar-refractivity contribution in [3.05, 3.63) is 28.8 Å². The van der Waals surface area contributed by atoms with Crippen LogP contribution in [0.2, 0.25) is 5.02 Å². The summed E-state index contributed by atoms with van der Waals surface area (Å²) in [6.07, 6.45) is 4.51. The van der Waals surface area contributed by atoms with E-state index in [9.17, 15) is 5.11 Å². The van der Waals surface area contributed by atoms with Gasteiger partial charge in [0.05, 0.1) is 6.10 Å². The summed E-state index contributed by atoms with van der Waals surface area (Å²) in [6, 6.07) is 5.34. The molecule has 1 saturated carbocycles. The third-order valence-electron chi connectivity index (χ3n) is 3.66. The third-order valence-corrected chi connectivity index (χ3v) is 3.89. The summed E-state index contributed by atoms with van der Waals surface area (Å²) in [4.78, 5) is 0. The summed E-state index contributed by atoms with van der Waals surface area (Å²) in [5, 5.41) is 10.8. The van der Waals surface area contributed by atoms with E-state index in [0.29, 0.717) is 5.02 Å². The van der Waals surface area contributed by atoms with Crippen LogP contribution >= 0.6 is 11.6 Å². The fraction of sp³-hybridized carbons (Fsp3) is 0.600. The summed E-state index contributed by atoms with van der Waals surface area (Å²) >= 11 is 6.00. The molecule has 1 aliphatic rings. The number of nitrogens with two attached hydrogens (primary N) is 1. The normalized spacial score (nSPS) is 25.7. The number of rotatable bonds is 3. The standard InChI is InChI=1S/C15H22ClNO2/c1-10(17)12-9-11(16)7-8-14(12)19-15-6-4-2-3-5-13(15)18/h7-10,13,15,18H,2-6,17H2,1H3. The van der Waals surface area contributed by atoms with Crippen LogP contribution in [-0.2, 0) is 0 Å². The van der Waals surface area contributed by atoms with Crippen LogP contribution in [0, 0.1) is 0 Å². The van der Waals surface area contributed by atoms with Gasteiger partial charge >= 0.3 is 0 Å². The average Bonchev–Trinajstić information content (AvgIpc) is 2.57. The third kappa shape index (κ3) is 3.85. The van der Waals surface area contributed by atoms with Gasteiger partial charge in [0.15, 0.2) is 0 Å². The van der Waals surface area contributed by atoms with E-state index in [1.165, 1.54) is 0 Å². The van der Waals surface area contributed by atoms with E-state index in [1.54, 1.807) is 6.07 Å². The monoisotopic (exact) mass is 283 g/mol. The van der Waals surface area contributed by atoms with Crippen molar-refractivity contribution in [2.75, 3.05) is 0 Å². The summed E-state index contributed by atoms with van der Waals surface area (Å²) in [5.41, 5.74) is 6.85. The quantitative estimate of drug-likeness (QED) is 0.836. The average molecular weight is 284 g/mol. The van der Waals surface area contributed by atoms with Gasteiger partial charge in [0.25, 0.3) is 0 Å². The lowest BCUT2D eigenvalue weighted by Crippen LogP contribution is -2.31. The van der Waals surface area contributed by atoms with Crippen molar-refractivity contribution in [1.82, 2.24) is 0 Å². The molecule has 106 valence electrons. The topological polar surface area (TPSA) is 55.5 Å². The fourth-order valence-corrected chi connectivity index (χ4v) is 2.72. The van der Waals surface area contributed by atoms with Crippen molar-refractivity contribution in [2.45, 2.75) is 57.3 Å². The minimum atomic E-state index is -0.390. The van der Waals surface area contributed by atoms with Crippen LogP contribution in [-0.4, -0.2) is 17.3 Å². The Morgan fingerprint density at radius 1 is 1.32 bits per heavy atom. The Kier molecular flexibility index (Phi) is 5.08. The maximum Gasteiger partial charge on any atom is 0.124 e. The van der Waals surface area contributed by atoms with E-state index >= 15 is 0 Å². The van der Waals surface area contributed by atoms with Gasteiger partial charge in [-0.1, -0.05) is 24.4 Å². The lowest BCUT2D eigenvalue weighted by molar-refractivity contribution is 0.0313. The molecule has 0 heterocycles. The molecule has 3 nitrogen and oxygen atoms in total. The predicted molar refractivity (Wildman–Crippen MR) is 77.6 cm³/mol. The lowest BCUT2D eigenvalue weighted by atomic mass is 10.1. The van der Waals surface area contributed by atoms with Gasteiger partial charge in [-0.05, 0) is 44.4 Å². The maximum absolute atomic E-state index is 10.1. The van der Waals surface area contributed by atoms with Crippen LogP contribution < -0.4 is 10.5 Å². The van der Waals surface area contributed by atoms with Crippen molar-refractivity contribution in [3.63, 3.8) is 0 Å². The van der Waals surface area contributed by atoms with Crippen LogP contribution in [0.4, 0.5) is 0 Å². The van der Waals surface area contributed by atoms with E-state index < -0.39 is 0 Å². The molecule has 19 heavy (non-hydrogen) atoms. The van der Waals surface area contributed by atoms with Crippen molar-refractivity contribution in [1.29, 1.82) is 0 Å². The first kappa shape index (κ1) is 14.6. The first-order valence-electron chi connectivity index (χ1n) is 6.97. The number of benzene rings is 1. The zero-order chi connectivity index (χ0) is 13.8. The molecule has 0 saturated heterocycles. The Morgan fingerprint density at radius 2 is 2.05 bits per heavy atom. The highest BCUT2D eigenvalue weighted by Gasteiger charge is 2.24. The number of ether oxygens (including phenoxy) is 1. The Bertz CT molecular complexity index is 423. The van der Waals surface area contributed by atoms with E-state index in [1.807, 2.05) is 19.1 Å². The molecule has 2 rings (SSSR count). The van der Waals surface area contributed by atoms with Crippen molar-refractivity contribution >= 4 is 11.6 Å². The van der Waals surface area contributed by atoms with E-state index in [-0.39, 0.29) is 18.2 Å². The van der Waals surface area contributed by atoms with Gasteiger partial charge in [0.1, 0.15) is 11.9 Å². The molecule has 0 spiro atoms. The Hall–Kier alpha value is -0.770. The largest absolute Gasteiger partial charge is 0.487 e. The molecule has 0 radical (unpaired) electrons. The van der Waals surface area contributed by atoms with Crippen molar-refractivity contribution in [3.8, 4) is 5.75 Å². The Morgan fingerprint density at radius 3 is 2.79 bits per heavy atom. The molecule has 1 aromatic rings. The molecule has 0 aliphatic heterocycles. The van der Waals surface area contributed by atoms with Crippen LogP contribution in [0.5, 0.6) is 5.75 Å². The number of aliphatic hydroxyl groups excluding tert-OH is 1. The number of hydrogen-bond acceptors (Lipinski definition) is 3. The van der Waals surface area contributed by atoms with Crippen LogP contribution in [0.25, 0.3) is 0 Å². The van der Waals surface area contributed by atoms with E-state index in [4.69, 9.17) is 22.1 Å². The minimum Gasteiger partial charge on any atom is -0.487 e. The van der Waals surface area contributed by atoms with Gasteiger partial charge in [-0.2, -0.15) is 0 Å². The lowest BCUT2D eigenvalue weighted by Gasteiger charge is -2.24. The van der Waals surface area contributed by atoms with Gasteiger partial charge in [-0.3, -0.25) is 0 Å². The van der Waals surface area contributed by atoms with E-state index in [2.05, 4.69) is 0 Å². The summed E-state index contributed by atoms with van der Waals surface area (Å²) in [5.74, 6) is 0.741. The molecule has 0 aromatic heterocycles. The van der Waals surface area contributed by atoms with Crippen molar-refractivity contribution < 1.29 is 9.84 Å². The van der Waals surface area contributed by atoms with Gasteiger partial charge in [-0.25, -0.2) is 0 Å². The summed E-state index contributed by atoms with van der Waals surface area (Å²) in [6.45, 7) is 1.90. The molecule has 1 aliphatic carbocycles. The van der Waals surface area contributed by atoms with Crippen molar-refractivity contribution in [2.24, 2.45) is 5.73 Å². The molecule has 1 fully saturated rings. The number of halogens is 1. The van der Waals surface area contributed by atoms with Crippen LogP contribution in [0.15, 0.2) is 18.2 Å². The highest BCUT2D eigenvalue weighted by Crippen LogP contribution is 2.30. The molecule has 3 N–H and O–H groups in total. The SMILES string of the molecule is CC(N)c1cc(Cl)ccc1OC1CCCCCC1O. The highest BCUT2D eigenvalue weighted by molar-refractivity contribution is 6.30. The smallest absolute Gasteiger partial charge is 0.124 e. The molecule has 3 atom stereocenters. The highest BCUT2D eigenvalue weighted by atomic mass is 35.5. The second-order valence-corrected chi connectivity index (χ2v) is 5.77. The minimum absolute atomic E-state index is 0.138. The Balaban J connectivity index is 2.17. The van der Waals surface area contributed by atoms with Gasteiger partial charge in [-0.15, -0.1) is 0 Å². The zero-order valence-electron chi connectivity index (χ0n) is 11.3. The molecule has 0 amide bonds.